The van der Waals surface area contributed by atoms with Crippen molar-refractivity contribution in [3.05, 3.63) is 59.0 Å². The van der Waals surface area contributed by atoms with Gasteiger partial charge in [0.1, 0.15) is 12.4 Å². The predicted molar refractivity (Wildman–Crippen MR) is 85.8 cm³/mol. The highest BCUT2D eigenvalue weighted by Crippen LogP contribution is 2.33. The van der Waals surface area contributed by atoms with E-state index < -0.39 is 0 Å². The van der Waals surface area contributed by atoms with Gasteiger partial charge in [0, 0.05) is 0 Å². The highest BCUT2D eigenvalue weighted by Gasteiger charge is 2.06. The van der Waals surface area contributed by atoms with E-state index in [1.165, 1.54) is 0 Å². The van der Waals surface area contributed by atoms with Gasteiger partial charge >= 0.3 is 0 Å². The molecule has 6 heteroatoms. The summed E-state index contributed by atoms with van der Waals surface area (Å²) in [6.45, 7) is 0.342. The third kappa shape index (κ3) is 2.96. The van der Waals surface area contributed by atoms with E-state index >= 15 is 0 Å². The molecule has 21 heavy (non-hydrogen) atoms. The number of aromatic nitrogens is 2. The molecule has 0 atom stereocenters. The first-order chi connectivity index (χ1) is 10.3. The van der Waals surface area contributed by atoms with Crippen LogP contribution in [0.5, 0.6) is 5.75 Å². The number of halogens is 1. The van der Waals surface area contributed by atoms with Crippen molar-refractivity contribution in [3.63, 3.8) is 0 Å². The van der Waals surface area contributed by atoms with Crippen LogP contribution in [0.3, 0.4) is 0 Å². The first-order valence-corrected chi connectivity index (χ1v) is 7.15. The Morgan fingerprint density at radius 2 is 1.95 bits per heavy atom. The lowest BCUT2D eigenvalue weighted by Crippen LogP contribution is -2.09. The number of ether oxygens (including phenoxy) is 1. The largest absolute Gasteiger partial charge is 0.486 e. The molecule has 0 saturated heterocycles. The van der Waals surface area contributed by atoms with Crippen LogP contribution in [0.15, 0.2) is 53.3 Å². The number of hydrazine groups is 1. The summed E-state index contributed by atoms with van der Waals surface area (Å²) in [6.07, 6.45) is 3.19. The van der Waals surface area contributed by atoms with Crippen LogP contribution >= 0.6 is 15.9 Å². The molecular formula is C15H13BrN4O. The molecule has 0 unspecified atom stereocenters. The summed E-state index contributed by atoms with van der Waals surface area (Å²) in [5.41, 5.74) is 3.17. The number of hydrogen-bond donors (Lipinski definition) is 2. The molecule has 0 spiro atoms. The standard InChI is InChI=1S/C15H13BrN4O/c16-15-12-4-2-1-3-10(12)5-6-13(15)21-9-11-7-19-14(20-17)8-18-11/h1-8H,9,17H2,(H,19,20). The van der Waals surface area contributed by atoms with E-state index in [1.54, 1.807) is 12.4 Å². The van der Waals surface area contributed by atoms with Crippen molar-refractivity contribution in [1.29, 1.82) is 0 Å². The maximum absolute atomic E-state index is 5.80. The summed E-state index contributed by atoms with van der Waals surface area (Å²) in [6, 6.07) is 12.1. The Morgan fingerprint density at radius 1 is 1.10 bits per heavy atom. The molecule has 0 amide bonds. The SMILES string of the molecule is NNc1cnc(COc2ccc3ccccc3c2Br)cn1. The third-order valence-electron chi connectivity index (χ3n) is 3.06. The lowest BCUT2D eigenvalue weighted by molar-refractivity contribution is 0.299. The summed E-state index contributed by atoms with van der Waals surface area (Å²) in [4.78, 5) is 8.30. The molecule has 0 saturated carbocycles. The monoisotopic (exact) mass is 344 g/mol. The molecule has 3 N–H and O–H groups in total. The van der Waals surface area contributed by atoms with Crippen LogP contribution < -0.4 is 16.0 Å². The Kier molecular flexibility index (Phi) is 3.98. The maximum atomic E-state index is 5.80. The van der Waals surface area contributed by atoms with Crippen LogP contribution in [0, 0.1) is 0 Å². The van der Waals surface area contributed by atoms with Gasteiger partial charge in [-0.2, -0.15) is 0 Å². The molecule has 2 aromatic carbocycles. The first-order valence-electron chi connectivity index (χ1n) is 6.35. The minimum atomic E-state index is 0.342. The Bertz CT molecular complexity index is 761. The number of nitrogen functional groups attached to an aromatic ring is 1. The van der Waals surface area contributed by atoms with Crippen molar-refractivity contribution in [2.45, 2.75) is 6.61 Å². The van der Waals surface area contributed by atoms with Crippen molar-refractivity contribution < 1.29 is 4.74 Å². The molecule has 3 aromatic rings. The van der Waals surface area contributed by atoms with Gasteiger partial charge in [0.05, 0.1) is 22.6 Å². The van der Waals surface area contributed by atoms with Crippen LogP contribution in [0.1, 0.15) is 5.69 Å². The van der Waals surface area contributed by atoms with E-state index in [4.69, 9.17) is 10.6 Å². The van der Waals surface area contributed by atoms with Gasteiger partial charge in [-0.15, -0.1) is 0 Å². The zero-order valence-corrected chi connectivity index (χ0v) is 12.7. The zero-order valence-electron chi connectivity index (χ0n) is 11.1. The second-order valence-electron chi connectivity index (χ2n) is 4.42. The summed E-state index contributed by atoms with van der Waals surface area (Å²) in [5, 5.41) is 2.28. The van der Waals surface area contributed by atoms with Crippen LogP contribution in [0.4, 0.5) is 5.82 Å². The van der Waals surface area contributed by atoms with Crippen LogP contribution in [-0.2, 0) is 6.61 Å². The van der Waals surface area contributed by atoms with Crippen molar-refractivity contribution in [1.82, 2.24) is 9.97 Å². The molecule has 0 radical (unpaired) electrons. The predicted octanol–water partition coefficient (Wildman–Crippen LogP) is 3.26. The highest BCUT2D eigenvalue weighted by atomic mass is 79.9. The molecule has 0 fully saturated rings. The minimum Gasteiger partial charge on any atom is -0.486 e. The Balaban J connectivity index is 1.79. The van der Waals surface area contributed by atoms with Crippen molar-refractivity contribution >= 4 is 32.5 Å². The molecule has 1 aromatic heterocycles. The minimum absolute atomic E-state index is 0.342. The normalized spacial score (nSPS) is 10.6. The number of nitrogens with one attached hydrogen (secondary N) is 1. The van der Waals surface area contributed by atoms with E-state index in [-0.39, 0.29) is 0 Å². The average Bonchev–Trinajstić information content (AvgIpc) is 2.55. The van der Waals surface area contributed by atoms with Crippen LogP contribution in [-0.4, -0.2) is 9.97 Å². The van der Waals surface area contributed by atoms with E-state index in [1.807, 2.05) is 30.3 Å². The van der Waals surface area contributed by atoms with E-state index in [9.17, 15) is 0 Å². The summed E-state index contributed by atoms with van der Waals surface area (Å²) in [5.74, 6) is 6.54. The fraction of sp³-hybridized carbons (Fsp3) is 0.0667. The lowest BCUT2D eigenvalue weighted by Gasteiger charge is -2.10. The number of fused-ring (bicyclic) bond motifs is 1. The van der Waals surface area contributed by atoms with Crippen molar-refractivity contribution in [3.8, 4) is 5.75 Å². The molecule has 0 aliphatic heterocycles. The van der Waals surface area contributed by atoms with E-state index in [0.717, 1.165) is 26.7 Å². The first kappa shape index (κ1) is 13.8. The van der Waals surface area contributed by atoms with E-state index in [2.05, 4.69) is 37.4 Å². The number of nitrogens with zero attached hydrogens (tertiary/aromatic N) is 2. The fourth-order valence-corrected chi connectivity index (χ4v) is 2.59. The molecule has 106 valence electrons. The molecule has 0 aliphatic rings. The van der Waals surface area contributed by atoms with Gasteiger partial charge in [-0.1, -0.05) is 30.3 Å². The van der Waals surface area contributed by atoms with Gasteiger partial charge in [-0.05, 0) is 32.8 Å². The van der Waals surface area contributed by atoms with Gasteiger partial charge in [-0.25, -0.2) is 10.8 Å². The number of rotatable bonds is 4. The van der Waals surface area contributed by atoms with Crippen molar-refractivity contribution in [2.75, 3.05) is 5.43 Å². The average molecular weight is 345 g/mol. The van der Waals surface area contributed by atoms with Gasteiger partial charge < -0.3 is 10.2 Å². The van der Waals surface area contributed by atoms with Crippen LogP contribution in [0.2, 0.25) is 0 Å². The Hall–Kier alpha value is -2.18. The van der Waals surface area contributed by atoms with Gasteiger partial charge in [-0.3, -0.25) is 4.98 Å². The molecule has 0 bridgehead atoms. The topological polar surface area (TPSA) is 73.1 Å². The number of anilines is 1. The third-order valence-corrected chi connectivity index (χ3v) is 3.87. The lowest BCUT2D eigenvalue weighted by atomic mass is 10.1. The van der Waals surface area contributed by atoms with Gasteiger partial charge in [0.25, 0.3) is 0 Å². The molecular weight excluding hydrogens is 332 g/mol. The zero-order chi connectivity index (χ0) is 14.7. The highest BCUT2D eigenvalue weighted by molar-refractivity contribution is 9.10. The van der Waals surface area contributed by atoms with Gasteiger partial charge in [0.15, 0.2) is 5.82 Å². The van der Waals surface area contributed by atoms with Crippen LogP contribution in [0.25, 0.3) is 10.8 Å². The second kappa shape index (κ2) is 6.07. The summed E-state index contributed by atoms with van der Waals surface area (Å²) >= 11 is 3.59. The molecule has 3 rings (SSSR count). The smallest absolute Gasteiger partial charge is 0.158 e. The second-order valence-corrected chi connectivity index (χ2v) is 5.22. The number of nitrogens with two attached hydrogens (primary N) is 1. The van der Waals surface area contributed by atoms with Gasteiger partial charge in [0.2, 0.25) is 0 Å². The molecule has 1 heterocycles. The van der Waals surface area contributed by atoms with Crippen molar-refractivity contribution in [2.24, 2.45) is 5.84 Å². The maximum Gasteiger partial charge on any atom is 0.158 e. The quantitative estimate of drug-likeness (QED) is 0.561. The molecule has 0 aliphatic carbocycles. The number of benzene rings is 2. The fourth-order valence-electron chi connectivity index (χ4n) is 1.98. The summed E-state index contributed by atoms with van der Waals surface area (Å²) < 4.78 is 6.74. The Morgan fingerprint density at radius 3 is 2.71 bits per heavy atom. The Labute approximate surface area is 130 Å². The van der Waals surface area contributed by atoms with E-state index in [0.29, 0.717) is 12.4 Å². The molecule has 5 nitrogen and oxygen atoms in total. The number of hydrogen-bond acceptors (Lipinski definition) is 5. The summed E-state index contributed by atoms with van der Waals surface area (Å²) in [7, 11) is 0.